The monoisotopic (exact) mass is 336 g/mol. The predicted octanol–water partition coefficient (Wildman–Crippen LogP) is -3.06. The first kappa shape index (κ1) is 18.4. The van der Waals surface area contributed by atoms with Crippen LogP contribution in [-0.4, -0.2) is 99.2 Å². The molecule has 126 valence electrons. The van der Waals surface area contributed by atoms with Crippen LogP contribution in [0.3, 0.4) is 0 Å². The fourth-order valence-electron chi connectivity index (χ4n) is 2.51. The summed E-state index contributed by atoms with van der Waals surface area (Å²) in [4.78, 5) is 0. The van der Waals surface area contributed by atoms with Gasteiger partial charge in [-0.2, -0.15) is 0 Å². The van der Waals surface area contributed by atoms with Gasteiger partial charge in [0.1, 0.15) is 23.1 Å². The maximum Gasteiger partial charge on any atom is 0.132 e. The second-order valence-electron chi connectivity index (χ2n) is 5.52. The maximum absolute atomic E-state index is 10.1. The van der Waals surface area contributed by atoms with Gasteiger partial charge in [-0.3, -0.25) is 0 Å². The van der Waals surface area contributed by atoms with Crippen LogP contribution in [0.5, 0.6) is 0 Å². The SMILES string of the molecule is [B]C1C(O)C(CO)OC(SC2OC(CO)C(O)CC2O)C1O. The minimum Gasteiger partial charge on any atom is -0.394 e. The molecule has 0 amide bonds. The molecule has 0 aromatic rings. The Labute approximate surface area is 133 Å². The van der Waals surface area contributed by atoms with E-state index in [0.717, 1.165) is 11.8 Å². The van der Waals surface area contributed by atoms with E-state index in [2.05, 4.69) is 0 Å². The van der Waals surface area contributed by atoms with Gasteiger partial charge in [0.25, 0.3) is 0 Å². The molecule has 2 aliphatic heterocycles. The highest BCUT2D eigenvalue weighted by Crippen LogP contribution is 2.38. The molecule has 8 nitrogen and oxygen atoms in total. The first-order chi connectivity index (χ1) is 10.4. The first-order valence-electron chi connectivity index (χ1n) is 7.05. The lowest BCUT2D eigenvalue weighted by Gasteiger charge is -2.44. The average Bonchev–Trinajstić information content (AvgIpc) is 2.50. The van der Waals surface area contributed by atoms with Gasteiger partial charge in [-0.25, -0.2) is 0 Å². The minimum absolute atomic E-state index is 0.0177. The lowest BCUT2D eigenvalue weighted by atomic mass is 9.75. The summed E-state index contributed by atoms with van der Waals surface area (Å²) < 4.78 is 10.8. The van der Waals surface area contributed by atoms with Crippen molar-refractivity contribution >= 4 is 19.6 Å². The molecule has 0 aromatic heterocycles. The van der Waals surface area contributed by atoms with Gasteiger partial charge in [0, 0.05) is 6.42 Å². The number of aliphatic hydroxyl groups is 6. The Morgan fingerprint density at radius 1 is 0.864 bits per heavy atom. The minimum atomic E-state index is -1.22. The van der Waals surface area contributed by atoms with Gasteiger partial charge in [-0.05, 0) is 5.82 Å². The smallest absolute Gasteiger partial charge is 0.132 e. The van der Waals surface area contributed by atoms with Gasteiger partial charge < -0.3 is 40.1 Å². The lowest BCUT2D eigenvalue weighted by molar-refractivity contribution is -0.160. The summed E-state index contributed by atoms with van der Waals surface area (Å²) in [6.45, 7) is -0.874. The summed E-state index contributed by atoms with van der Waals surface area (Å²) in [5, 5.41) is 57.8. The molecule has 2 aliphatic rings. The van der Waals surface area contributed by atoms with Crippen LogP contribution in [0.2, 0.25) is 5.82 Å². The molecular formula is C12H21BO8S. The fourth-order valence-corrected chi connectivity index (χ4v) is 3.82. The quantitative estimate of drug-likeness (QED) is 0.295. The molecule has 2 saturated heterocycles. The number of thioether (sulfide) groups is 1. The van der Waals surface area contributed by atoms with Gasteiger partial charge >= 0.3 is 0 Å². The molecule has 2 heterocycles. The normalized spacial score (nSPS) is 50.0. The van der Waals surface area contributed by atoms with Crippen molar-refractivity contribution in [1.82, 2.24) is 0 Å². The molecule has 0 bridgehead atoms. The van der Waals surface area contributed by atoms with Crippen molar-refractivity contribution in [1.29, 1.82) is 0 Å². The van der Waals surface area contributed by atoms with Crippen LogP contribution < -0.4 is 0 Å². The van der Waals surface area contributed by atoms with E-state index in [1.807, 2.05) is 0 Å². The third kappa shape index (κ3) is 3.77. The standard InChI is InChI=1S/C12H21BO8S/c13-8-9(18)7(3-15)21-12(10(8)19)22-11-5(17)1-4(16)6(2-14)20-11/h4-12,14-19H,1-3H2. The Morgan fingerprint density at radius 3 is 2.05 bits per heavy atom. The first-order valence-corrected chi connectivity index (χ1v) is 7.99. The molecule has 2 rings (SSSR count). The largest absolute Gasteiger partial charge is 0.394 e. The summed E-state index contributed by atoms with van der Waals surface area (Å²) in [5.41, 5.74) is -1.77. The molecule has 2 radical (unpaired) electrons. The lowest BCUT2D eigenvalue weighted by Crippen LogP contribution is -2.54. The second-order valence-corrected chi connectivity index (χ2v) is 6.72. The molecule has 0 aliphatic carbocycles. The van der Waals surface area contributed by atoms with E-state index < -0.39 is 66.5 Å². The van der Waals surface area contributed by atoms with Crippen molar-refractivity contribution in [3.63, 3.8) is 0 Å². The van der Waals surface area contributed by atoms with E-state index in [1.54, 1.807) is 0 Å². The molecular weight excluding hydrogens is 315 g/mol. The van der Waals surface area contributed by atoms with Crippen LogP contribution in [0.15, 0.2) is 0 Å². The van der Waals surface area contributed by atoms with Gasteiger partial charge in [-0.15, -0.1) is 0 Å². The van der Waals surface area contributed by atoms with Gasteiger partial charge in [0.05, 0.1) is 45.5 Å². The molecule has 22 heavy (non-hydrogen) atoms. The number of aliphatic hydroxyl groups excluding tert-OH is 6. The molecule has 0 aromatic carbocycles. The molecule has 0 spiro atoms. The van der Waals surface area contributed by atoms with Crippen LogP contribution in [0.1, 0.15) is 6.42 Å². The Kier molecular flexibility index (Phi) is 6.52. The van der Waals surface area contributed by atoms with E-state index in [0.29, 0.717) is 0 Å². The van der Waals surface area contributed by atoms with Crippen LogP contribution in [0, 0.1) is 0 Å². The highest BCUT2D eigenvalue weighted by molar-refractivity contribution is 8.00. The summed E-state index contributed by atoms with van der Waals surface area (Å²) in [7, 11) is 5.71. The Bertz CT molecular complexity index is 362. The third-order valence-electron chi connectivity index (χ3n) is 3.92. The average molecular weight is 336 g/mol. The van der Waals surface area contributed by atoms with E-state index in [1.165, 1.54) is 0 Å². The molecule has 9 unspecified atom stereocenters. The highest BCUT2D eigenvalue weighted by atomic mass is 32.2. The van der Waals surface area contributed by atoms with Gasteiger partial charge in [0.2, 0.25) is 0 Å². The second kappa shape index (κ2) is 7.78. The summed E-state index contributed by atoms with van der Waals surface area (Å²) in [6, 6.07) is 0. The number of hydrogen-bond acceptors (Lipinski definition) is 9. The molecule has 10 heteroatoms. The van der Waals surface area contributed by atoms with Crippen molar-refractivity contribution in [2.24, 2.45) is 0 Å². The van der Waals surface area contributed by atoms with Crippen molar-refractivity contribution in [2.45, 2.75) is 59.7 Å². The van der Waals surface area contributed by atoms with Gasteiger partial charge in [0.15, 0.2) is 0 Å². The maximum atomic E-state index is 10.1. The zero-order valence-corrected chi connectivity index (χ0v) is 12.6. The molecule has 2 fully saturated rings. The summed E-state index contributed by atoms with van der Waals surface area (Å²) >= 11 is 0.935. The zero-order valence-electron chi connectivity index (χ0n) is 11.8. The van der Waals surface area contributed by atoms with E-state index in [4.69, 9.17) is 22.4 Å². The van der Waals surface area contributed by atoms with Crippen LogP contribution in [0.4, 0.5) is 0 Å². The number of ether oxygens (including phenoxy) is 2. The Hall–Kier alpha value is 0.0949. The van der Waals surface area contributed by atoms with Crippen molar-refractivity contribution < 1.29 is 40.1 Å². The molecule has 9 atom stereocenters. The van der Waals surface area contributed by atoms with E-state index >= 15 is 0 Å². The van der Waals surface area contributed by atoms with Gasteiger partial charge in [-0.1, -0.05) is 11.8 Å². The van der Waals surface area contributed by atoms with Crippen molar-refractivity contribution in [2.75, 3.05) is 13.2 Å². The zero-order chi connectivity index (χ0) is 16.4. The number of hydrogen-bond donors (Lipinski definition) is 6. The van der Waals surface area contributed by atoms with E-state index in [-0.39, 0.29) is 6.42 Å². The van der Waals surface area contributed by atoms with Crippen LogP contribution >= 0.6 is 11.8 Å². The molecule has 0 saturated carbocycles. The van der Waals surface area contributed by atoms with Crippen LogP contribution in [0.25, 0.3) is 0 Å². The Morgan fingerprint density at radius 2 is 1.45 bits per heavy atom. The fraction of sp³-hybridized carbons (Fsp3) is 1.00. The topological polar surface area (TPSA) is 140 Å². The van der Waals surface area contributed by atoms with E-state index in [9.17, 15) is 25.5 Å². The number of rotatable bonds is 4. The van der Waals surface area contributed by atoms with Crippen LogP contribution in [-0.2, 0) is 9.47 Å². The molecule has 6 N–H and O–H groups in total. The van der Waals surface area contributed by atoms with Crippen molar-refractivity contribution in [3.05, 3.63) is 0 Å². The summed E-state index contributed by atoms with van der Waals surface area (Å²) in [6.07, 6.45) is -6.20. The highest BCUT2D eigenvalue weighted by Gasteiger charge is 2.45. The summed E-state index contributed by atoms with van der Waals surface area (Å²) in [5.74, 6) is -1.01. The Balaban J connectivity index is 2.02. The van der Waals surface area contributed by atoms with Crippen molar-refractivity contribution in [3.8, 4) is 0 Å². The predicted molar refractivity (Wildman–Crippen MR) is 77.2 cm³/mol. The third-order valence-corrected chi connectivity index (χ3v) is 5.27.